The van der Waals surface area contributed by atoms with Gasteiger partial charge in [0.2, 0.25) is 0 Å². The van der Waals surface area contributed by atoms with Crippen molar-refractivity contribution < 1.29 is 5.11 Å². The molecule has 0 spiro atoms. The molecule has 2 aromatic rings. The summed E-state index contributed by atoms with van der Waals surface area (Å²) in [5.41, 5.74) is 5.21. The number of phenols is 1. The zero-order valence-electron chi connectivity index (χ0n) is 10.3. The Morgan fingerprint density at radius 2 is 1.56 bits per heavy atom. The van der Waals surface area contributed by atoms with Crippen LogP contribution in [0.25, 0.3) is 16.7 Å². The molecule has 0 atom stereocenters. The van der Waals surface area contributed by atoms with Crippen molar-refractivity contribution in [2.75, 3.05) is 0 Å². The van der Waals surface area contributed by atoms with Crippen LogP contribution in [0.4, 0.5) is 0 Å². The SMILES string of the molecule is Oc1ccc(-c2ccccc2C2=CCCC2)cc1. The summed E-state index contributed by atoms with van der Waals surface area (Å²) < 4.78 is 0. The van der Waals surface area contributed by atoms with Gasteiger partial charge in [-0.3, -0.25) is 0 Å². The van der Waals surface area contributed by atoms with Gasteiger partial charge >= 0.3 is 0 Å². The molecule has 0 aliphatic heterocycles. The maximum atomic E-state index is 9.37. The van der Waals surface area contributed by atoms with Crippen molar-refractivity contribution in [3.8, 4) is 16.9 Å². The van der Waals surface area contributed by atoms with E-state index in [4.69, 9.17) is 0 Å². The molecular weight excluding hydrogens is 220 g/mol. The Morgan fingerprint density at radius 1 is 0.833 bits per heavy atom. The third-order valence-electron chi connectivity index (χ3n) is 3.49. The number of hydrogen-bond acceptors (Lipinski definition) is 1. The molecule has 0 heterocycles. The fourth-order valence-electron chi connectivity index (χ4n) is 2.57. The molecule has 0 saturated carbocycles. The van der Waals surface area contributed by atoms with Crippen molar-refractivity contribution in [2.24, 2.45) is 0 Å². The second-order valence-corrected chi connectivity index (χ2v) is 4.71. The fraction of sp³-hybridized carbons (Fsp3) is 0.176. The first-order chi connectivity index (χ1) is 8.84. The Kier molecular flexibility index (Phi) is 2.89. The summed E-state index contributed by atoms with van der Waals surface area (Å²) in [7, 11) is 0. The zero-order valence-corrected chi connectivity index (χ0v) is 10.3. The first kappa shape index (κ1) is 11.1. The lowest BCUT2D eigenvalue weighted by molar-refractivity contribution is 0.475. The second kappa shape index (κ2) is 4.69. The summed E-state index contributed by atoms with van der Waals surface area (Å²) in [6.45, 7) is 0. The highest BCUT2D eigenvalue weighted by Crippen LogP contribution is 2.35. The Labute approximate surface area is 107 Å². The summed E-state index contributed by atoms with van der Waals surface area (Å²) >= 11 is 0. The highest BCUT2D eigenvalue weighted by atomic mass is 16.3. The molecule has 90 valence electrons. The lowest BCUT2D eigenvalue weighted by Crippen LogP contribution is -1.87. The number of rotatable bonds is 2. The minimum absolute atomic E-state index is 0.316. The molecule has 0 saturated heterocycles. The molecule has 0 aromatic heterocycles. The molecule has 1 aliphatic carbocycles. The van der Waals surface area contributed by atoms with Crippen molar-refractivity contribution >= 4 is 5.57 Å². The van der Waals surface area contributed by atoms with E-state index in [0.29, 0.717) is 5.75 Å². The van der Waals surface area contributed by atoms with Gasteiger partial charge in [-0.1, -0.05) is 42.5 Å². The third kappa shape index (κ3) is 2.04. The summed E-state index contributed by atoms with van der Waals surface area (Å²) in [4.78, 5) is 0. The van der Waals surface area contributed by atoms with Gasteiger partial charge in [0.15, 0.2) is 0 Å². The maximum absolute atomic E-state index is 9.37. The van der Waals surface area contributed by atoms with Gasteiger partial charge in [-0.25, -0.2) is 0 Å². The van der Waals surface area contributed by atoms with E-state index in [1.54, 1.807) is 12.1 Å². The van der Waals surface area contributed by atoms with Gasteiger partial charge in [-0.15, -0.1) is 0 Å². The van der Waals surface area contributed by atoms with E-state index in [1.165, 1.54) is 36.0 Å². The van der Waals surface area contributed by atoms with Crippen LogP contribution in [0.15, 0.2) is 54.6 Å². The van der Waals surface area contributed by atoms with Crippen molar-refractivity contribution in [2.45, 2.75) is 19.3 Å². The quantitative estimate of drug-likeness (QED) is 0.806. The van der Waals surface area contributed by atoms with Crippen LogP contribution in [0, 0.1) is 0 Å². The lowest BCUT2D eigenvalue weighted by atomic mass is 9.94. The van der Waals surface area contributed by atoms with Gasteiger partial charge in [0.05, 0.1) is 0 Å². The predicted molar refractivity (Wildman–Crippen MR) is 75.4 cm³/mol. The molecule has 0 radical (unpaired) electrons. The van der Waals surface area contributed by atoms with Crippen LogP contribution in [-0.2, 0) is 0 Å². The number of hydrogen-bond donors (Lipinski definition) is 1. The molecule has 1 heteroatoms. The van der Waals surface area contributed by atoms with E-state index >= 15 is 0 Å². The lowest BCUT2D eigenvalue weighted by Gasteiger charge is -2.10. The van der Waals surface area contributed by atoms with E-state index in [9.17, 15) is 5.11 Å². The van der Waals surface area contributed by atoms with E-state index in [-0.39, 0.29) is 0 Å². The van der Waals surface area contributed by atoms with Crippen LogP contribution in [-0.4, -0.2) is 5.11 Å². The molecule has 1 aliphatic rings. The van der Waals surface area contributed by atoms with Crippen molar-refractivity contribution in [1.82, 2.24) is 0 Å². The largest absolute Gasteiger partial charge is 0.508 e. The minimum atomic E-state index is 0.316. The first-order valence-corrected chi connectivity index (χ1v) is 6.42. The molecule has 0 fully saturated rings. The molecule has 18 heavy (non-hydrogen) atoms. The van der Waals surface area contributed by atoms with Crippen LogP contribution >= 0.6 is 0 Å². The Bertz CT molecular complexity index is 579. The van der Waals surface area contributed by atoms with E-state index in [0.717, 1.165) is 5.56 Å². The zero-order chi connectivity index (χ0) is 12.4. The summed E-state index contributed by atoms with van der Waals surface area (Å²) in [5, 5.41) is 9.37. The third-order valence-corrected chi connectivity index (χ3v) is 3.49. The molecule has 0 amide bonds. The molecule has 0 bridgehead atoms. The van der Waals surface area contributed by atoms with E-state index in [2.05, 4.69) is 30.3 Å². The highest BCUT2D eigenvalue weighted by molar-refractivity contribution is 5.82. The normalized spacial score (nSPS) is 14.6. The number of allylic oxidation sites excluding steroid dienone is 2. The van der Waals surface area contributed by atoms with E-state index in [1.807, 2.05) is 12.1 Å². The molecule has 0 unspecified atom stereocenters. The van der Waals surface area contributed by atoms with Crippen molar-refractivity contribution in [3.05, 3.63) is 60.2 Å². The monoisotopic (exact) mass is 236 g/mol. The topological polar surface area (TPSA) is 20.2 Å². The Balaban J connectivity index is 2.09. The van der Waals surface area contributed by atoms with Crippen molar-refractivity contribution in [1.29, 1.82) is 0 Å². The standard InChI is InChI=1S/C17H16O/c18-15-11-9-14(10-12-15)17-8-4-3-7-16(17)13-5-1-2-6-13/h3-5,7-12,18H,1-2,6H2. The maximum Gasteiger partial charge on any atom is 0.115 e. The predicted octanol–water partition coefficient (Wildman–Crippen LogP) is 4.63. The summed E-state index contributed by atoms with van der Waals surface area (Å²) in [6, 6.07) is 16.0. The van der Waals surface area contributed by atoms with Gasteiger partial charge in [-0.05, 0) is 53.7 Å². The van der Waals surface area contributed by atoms with Gasteiger partial charge in [0.25, 0.3) is 0 Å². The number of benzene rings is 2. The second-order valence-electron chi connectivity index (χ2n) is 4.71. The van der Waals surface area contributed by atoms with Crippen LogP contribution < -0.4 is 0 Å². The fourth-order valence-corrected chi connectivity index (χ4v) is 2.57. The molecule has 1 N–H and O–H groups in total. The van der Waals surface area contributed by atoms with Gasteiger partial charge in [0.1, 0.15) is 5.75 Å². The summed E-state index contributed by atoms with van der Waals surface area (Å²) in [5.74, 6) is 0.316. The Hall–Kier alpha value is -2.02. The molecular formula is C17H16O. The average molecular weight is 236 g/mol. The van der Waals surface area contributed by atoms with Crippen LogP contribution in [0.1, 0.15) is 24.8 Å². The van der Waals surface area contributed by atoms with Crippen molar-refractivity contribution in [3.63, 3.8) is 0 Å². The number of aromatic hydroxyl groups is 1. The van der Waals surface area contributed by atoms with E-state index < -0.39 is 0 Å². The minimum Gasteiger partial charge on any atom is -0.508 e. The average Bonchev–Trinajstić information content (AvgIpc) is 2.93. The Morgan fingerprint density at radius 3 is 2.22 bits per heavy atom. The smallest absolute Gasteiger partial charge is 0.115 e. The molecule has 1 nitrogen and oxygen atoms in total. The molecule has 3 rings (SSSR count). The van der Waals surface area contributed by atoms with Crippen LogP contribution in [0.5, 0.6) is 5.75 Å². The highest BCUT2D eigenvalue weighted by Gasteiger charge is 2.11. The van der Waals surface area contributed by atoms with Crippen LogP contribution in [0.3, 0.4) is 0 Å². The van der Waals surface area contributed by atoms with Gasteiger partial charge in [-0.2, -0.15) is 0 Å². The van der Waals surface area contributed by atoms with Gasteiger partial charge < -0.3 is 5.11 Å². The number of phenolic OH excluding ortho intramolecular Hbond substituents is 1. The first-order valence-electron chi connectivity index (χ1n) is 6.42. The molecule has 2 aromatic carbocycles. The van der Waals surface area contributed by atoms with Gasteiger partial charge in [0, 0.05) is 0 Å². The van der Waals surface area contributed by atoms with Crippen LogP contribution in [0.2, 0.25) is 0 Å². The summed E-state index contributed by atoms with van der Waals surface area (Å²) in [6.07, 6.45) is 5.98.